The number of aliphatic imine (C=N–C) groups is 1. The van der Waals surface area contributed by atoms with E-state index < -0.39 is 0 Å². The first-order valence-electron chi connectivity index (χ1n) is 11.1. The first-order chi connectivity index (χ1) is 15.1. The highest BCUT2D eigenvalue weighted by atomic mass is 127. The number of aromatic nitrogens is 2. The summed E-state index contributed by atoms with van der Waals surface area (Å²) in [4.78, 5) is 4.72. The minimum atomic E-state index is 0. The van der Waals surface area contributed by atoms with Crippen LogP contribution in [-0.4, -0.2) is 54.3 Å². The van der Waals surface area contributed by atoms with Gasteiger partial charge in [0, 0.05) is 38.7 Å². The quantitative estimate of drug-likeness (QED) is 0.188. The molecule has 2 heterocycles. The van der Waals surface area contributed by atoms with Gasteiger partial charge in [-0.05, 0) is 63.4 Å². The lowest BCUT2D eigenvalue weighted by molar-refractivity contribution is 0.0168. The Balaban J connectivity index is 0.00000363. The number of rotatable bonds is 11. The molecular formula is C23H36IN5O3. The van der Waals surface area contributed by atoms with Crippen molar-refractivity contribution in [2.24, 2.45) is 12.0 Å². The van der Waals surface area contributed by atoms with E-state index in [4.69, 9.17) is 19.2 Å². The largest absolute Gasteiger partial charge is 0.491 e. The molecule has 2 aromatic rings. The van der Waals surface area contributed by atoms with Crippen molar-refractivity contribution in [3.63, 3.8) is 0 Å². The molecule has 0 saturated carbocycles. The highest BCUT2D eigenvalue weighted by Gasteiger charge is 2.14. The molecule has 0 aliphatic carbocycles. The lowest BCUT2D eigenvalue weighted by Crippen LogP contribution is -2.32. The highest BCUT2D eigenvalue weighted by Crippen LogP contribution is 2.17. The molecule has 3 rings (SSSR count). The van der Waals surface area contributed by atoms with E-state index in [0.717, 1.165) is 55.5 Å². The fourth-order valence-electron chi connectivity index (χ4n) is 3.25. The molecule has 8 nitrogen and oxygen atoms in total. The number of nitrogens with one attached hydrogen (secondary N) is 2. The van der Waals surface area contributed by atoms with Gasteiger partial charge in [-0.25, -0.2) is 4.99 Å². The molecule has 0 bridgehead atoms. The van der Waals surface area contributed by atoms with Crippen LogP contribution in [0.3, 0.4) is 0 Å². The van der Waals surface area contributed by atoms with Gasteiger partial charge in [0.25, 0.3) is 0 Å². The van der Waals surface area contributed by atoms with Crippen molar-refractivity contribution in [3.8, 4) is 5.75 Å². The second-order valence-corrected chi connectivity index (χ2v) is 7.92. The SMILES string of the molecule is CC(C)Oc1ccc(NC(=NCc2ccnn2C)NCCCOCC2CCCO2)cc1.I. The third-order valence-corrected chi connectivity index (χ3v) is 4.90. The first-order valence-corrected chi connectivity index (χ1v) is 11.1. The molecule has 0 amide bonds. The Morgan fingerprint density at radius 2 is 2.09 bits per heavy atom. The van der Waals surface area contributed by atoms with Gasteiger partial charge in [-0.1, -0.05) is 0 Å². The minimum absolute atomic E-state index is 0. The van der Waals surface area contributed by atoms with Crippen molar-refractivity contribution in [3.05, 3.63) is 42.2 Å². The average Bonchev–Trinajstić information content (AvgIpc) is 3.41. The molecule has 2 N–H and O–H groups in total. The van der Waals surface area contributed by atoms with Gasteiger partial charge < -0.3 is 24.8 Å². The third-order valence-electron chi connectivity index (χ3n) is 4.90. The van der Waals surface area contributed by atoms with Gasteiger partial charge in [0.1, 0.15) is 5.75 Å². The van der Waals surface area contributed by atoms with Gasteiger partial charge in [0.05, 0.1) is 31.1 Å². The summed E-state index contributed by atoms with van der Waals surface area (Å²) in [5.41, 5.74) is 1.99. The fraction of sp³-hybridized carbons (Fsp3) is 0.565. The van der Waals surface area contributed by atoms with Crippen molar-refractivity contribution in [1.29, 1.82) is 0 Å². The predicted octanol–water partition coefficient (Wildman–Crippen LogP) is 3.97. The monoisotopic (exact) mass is 557 g/mol. The maximum atomic E-state index is 5.75. The first kappa shape index (κ1) is 26.4. The van der Waals surface area contributed by atoms with Crippen LogP contribution in [0.2, 0.25) is 0 Å². The van der Waals surface area contributed by atoms with Crippen LogP contribution >= 0.6 is 24.0 Å². The number of hydrogen-bond donors (Lipinski definition) is 2. The van der Waals surface area contributed by atoms with E-state index >= 15 is 0 Å². The van der Waals surface area contributed by atoms with Crippen LogP contribution in [0.4, 0.5) is 5.69 Å². The maximum absolute atomic E-state index is 5.75. The van der Waals surface area contributed by atoms with E-state index in [-0.39, 0.29) is 36.2 Å². The Labute approximate surface area is 208 Å². The molecule has 1 atom stereocenters. The van der Waals surface area contributed by atoms with Gasteiger partial charge in [0.15, 0.2) is 5.96 Å². The second-order valence-electron chi connectivity index (χ2n) is 7.92. The number of hydrogen-bond acceptors (Lipinski definition) is 5. The average molecular weight is 557 g/mol. The van der Waals surface area contributed by atoms with Crippen LogP contribution < -0.4 is 15.4 Å². The molecule has 178 valence electrons. The molecule has 1 aromatic heterocycles. The summed E-state index contributed by atoms with van der Waals surface area (Å²) in [6.45, 7) is 7.58. The molecule has 1 aromatic carbocycles. The summed E-state index contributed by atoms with van der Waals surface area (Å²) in [6, 6.07) is 9.87. The summed E-state index contributed by atoms with van der Waals surface area (Å²) in [5, 5.41) is 11.0. The number of ether oxygens (including phenoxy) is 3. The zero-order valence-electron chi connectivity index (χ0n) is 19.3. The molecule has 1 aliphatic heterocycles. The zero-order chi connectivity index (χ0) is 21.9. The Morgan fingerprint density at radius 1 is 1.28 bits per heavy atom. The van der Waals surface area contributed by atoms with Gasteiger partial charge in [-0.3, -0.25) is 4.68 Å². The smallest absolute Gasteiger partial charge is 0.196 e. The van der Waals surface area contributed by atoms with E-state index in [2.05, 4.69) is 15.7 Å². The lowest BCUT2D eigenvalue weighted by atomic mass is 10.2. The standard InChI is InChI=1S/C23H35N5O3.HI/c1-18(2)31-21-9-7-19(8-10-21)27-23(25-16-20-11-13-26-28(20)3)24-12-5-14-29-17-22-6-4-15-30-22;/h7-11,13,18,22H,4-6,12,14-17H2,1-3H3,(H2,24,25,27);1H. The van der Waals surface area contributed by atoms with E-state index in [1.54, 1.807) is 6.20 Å². The van der Waals surface area contributed by atoms with Crippen LogP contribution in [0.5, 0.6) is 5.75 Å². The summed E-state index contributed by atoms with van der Waals surface area (Å²) < 4.78 is 18.9. The number of benzene rings is 1. The predicted molar refractivity (Wildman–Crippen MR) is 138 cm³/mol. The van der Waals surface area contributed by atoms with Gasteiger partial charge in [0.2, 0.25) is 0 Å². The van der Waals surface area contributed by atoms with Crippen molar-refractivity contribution < 1.29 is 14.2 Å². The Kier molecular flexibility index (Phi) is 11.8. The van der Waals surface area contributed by atoms with E-state index in [1.807, 2.05) is 55.9 Å². The number of aryl methyl sites for hydroxylation is 1. The van der Waals surface area contributed by atoms with Gasteiger partial charge in [-0.2, -0.15) is 5.10 Å². The van der Waals surface area contributed by atoms with Crippen molar-refractivity contribution in [2.45, 2.75) is 51.9 Å². The molecule has 9 heteroatoms. The second kappa shape index (κ2) is 14.3. The van der Waals surface area contributed by atoms with Crippen LogP contribution in [0.1, 0.15) is 38.8 Å². The third kappa shape index (κ3) is 9.33. The summed E-state index contributed by atoms with van der Waals surface area (Å²) in [7, 11) is 1.92. The Bertz CT molecular complexity index is 804. The van der Waals surface area contributed by atoms with Crippen molar-refractivity contribution >= 4 is 35.6 Å². The zero-order valence-corrected chi connectivity index (χ0v) is 21.6. The normalized spacial score (nSPS) is 16.1. The van der Waals surface area contributed by atoms with E-state index in [1.165, 1.54) is 0 Å². The molecule has 0 spiro atoms. The van der Waals surface area contributed by atoms with Crippen LogP contribution in [-0.2, 0) is 23.1 Å². The summed E-state index contributed by atoms with van der Waals surface area (Å²) >= 11 is 0. The van der Waals surface area contributed by atoms with E-state index in [0.29, 0.717) is 19.8 Å². The molecule has 32 heavy (non-hydrogen) atoms. The highest BCUT2D eigenvalue weighted by molar-refractivity contribution is 14.0. The van der Waals surface area contributed by atoms with Gasteiger partial charge >= 0.3 is 0 Å². The van der Waals surface area contributed by atoms with Crippen molar-refractivity contribution in [2.75, 3.05) is 31.7 Å². The van der Waals surface area contributed by atoms with Crippen LogP contribution in [0.25, 0.3) is 0 Å². The molecule has 1 fully saturated rings. The topological polar surface area (TPSA) is 81.9 Å². The van der Waals surface area contributed by atoms with E-state index in [9.17, 15) is 0 Å². The Morgan fingerprint density at radius 3 is 2.75 bits per heavy atom. The maximum Gasteiger partial charge on any atom is 0.196 e. The van der Waals surface area contributed by atoms with Gasteiger partial charge in [-0.15, -0.1) is 24.0 Å². The minimum Gasteiger partial charge on any atom is -0.491 e. The lowest BCUT2D eigenvalue weighted by Gasteiger charge is -2.15. The fourth-order valence-corrected chi connectivity index (χ4v) is 3.25. The van der Waals surface area contributed by atoms with Crippen molar-refractivity contribution in [1.82, 2.24) is 15.1 Å². The number of nitrogens with zero attached hydrogens (tertiary/aromatic N) is 3. The van der Waals surface area contributed by atoms with Crippen LogP contribution in [0.15, 0.2) is 41.5 Å². The molecule has 0 radical (unpaired) electrons. The molecule has 1 saturated heterocycles. The number of halogens is 1. The van der Waals surface area contributed by atoms with Crippen LogP contribution in [0, 0.1) is 0 Å². The number of anilines is 1. The number of guanidine groups is 1. The molecule has 1 unspecified atom stereocenters. The summed E-state index contributed by atoms with van der Waals surface area (Å²) in [5.74, 6) is 1.57. The molecule has 1 aliphatic rings. The molecular weight excluding hydrogens is 521 g/mol. The Hall–Kier alpha value is -1.85. The summed E-state index contributed by atoms with van der Waals surface area (Å²) in [6.07, 6.45) is 5.34.